The van der Waals surface area contributed by atoms with Crippen molar-refractivity contribution < 1.29 is 13.9 Å². The second-order valence-electron chi connectivity index (χ2n) is 7.11. The van der Waals surface area contributed by atoms with Crippen molar-refractivity contribution in [2.75, 3.05) is 24.5 Å². The topological polar surface area (TPSA) is 32.8 Å². The number of hydrogen-bond donors (Lipinski definition) is 0. The molecule has 0 saturated carbocycles. The number of rotatable bonds is 4. The molecule has 27 heavy (non-hydrogen) atoms. The maximum Gasteiger partial charge on any atom is 0.414 e. The highest BCUT2D eigenvalue weighted by molar-refractivity contribution is 5.87. The molecule has 0 spiro atoms. The number of nitrogens with zero attached hydrogens (tertiary/aromatic N) is 2. The summed E-state index contributed by atoms with van der Waals surface area (Å²) in [5.74, 6) is 0.0752. The molecule has 3 aliphatic rings. The van der Waals surface area contributed by atoms with E-state index in [2.05, 4.69) is 4.90 Å². The second-order valence-corrected chi connectivity index (χ2v) is 7.11. The maximum absolute atomic E-state index is 13.7. The van der Waals surface area contributed by atoms with Gasteiger partial charge in [-0.05, 0) is 55.6 Å². The number of carbonyl (C=O) groups excluding carboxylic acids is 1. The average molecular weight is 391 g/mol. The van der Waals surface area contributed by atoms with Crippen LogP contribution in [0.3, 0.4) is 0 Å². The van der Waals surface area contributed by atoms with Gasteiger partial charge >= 0.3 is 6.09 Å². The monoisotopic (exact) mass is 390 g/mol. The molecule has 4 nitrogen and oxygen atoms in total. The van der Waals surface area contributed by atoms with Crippen LogP contribution >= 0.6 is 12.4 Å². The van der Waals surface area contributed by atoms with Crippen molar-refractivity contribution in [2.45, 2.75) is 25.5 Å². The standard InChI is InChI=1S/C21H23FN2O2.ClH/c22-18-7-4-8-19(13-18)24(14-16-5-2-1-3-6-16)21(25)26-20-15-23-11-9-17(20)10-12-23;/h1-8,13,17,20H,9-12,14-15H2;1H/t20-;/m0./s1. The number of carbonyl (C=O) groups is 1. The predicted molar refractivity (Wildman–Crippen MR) is 106 cm³/mol. The van der Waals surface area contributed by atoms with Gasteiger partial charge in [-0.25, -0.2) is 9.18 Å². The third-order valence-electron chi connectivity index (χ3n) is 5.37. The van der Waals surface area contributed by atoms with Gasteiger partial charge in [-0.2, -0.15) is 0 Å². The molecule has 0 radical (unpaired) electrons. The minimum Gasteiger partial charge on any atom is -0.444 e. The lowest BCUT2D eigenvalue weighted by molar-refractivity contribution is -0.0311. The smallest absolute Gasteiger partial charge is 0.414 e. The first kappa shape index (κ1) is 19.6. The minimum atomic E-state index is -0.404. The molecule has 2 aromatic rings. The van der Waals surface area contributed by atoms with E-state index in [9.17, 15) is 9.18 Å². The molecule has 5 rings (SSSR count). The number of amides is 1. The van der Waals surface area contributed by atoms with Crippen LogP contribution in [0.2, 0.25) is 0 Å². The largest absolute Gasteiger partial charge is 0.444 e. The average Bonchev–Trinajstić information content (AvgIpc) is 2.68. The zero-order valence-corrected chi connectivity index (χ0v) is 15.9. The Kier molecular flexibility index (Phi) is 6.34. The summed E-state index contributed by atoms with van der Waals surface area (Å²) in [5.41, 5.74) is 1.49. The van der Waals surface area contributed by atoms with Crippen LogP contribution in [-0.4, -0.2) is 36.7 Å². The van der Waals surface area contributed by atoms with Crippen LogP contribution in [0.15, 0.2) is 54.6 Å². The van der Waals surface area contributed by atoms with Gasteiger partial charge in [-0.1, -0.05) is 36.4 Å². The molecule has 1 amide bonds. The maximum atomic E-state index is 13.7. The number of anilines is 1. The van der Waals surface area contributed by atoms with Crippen molar-refractivity contribution in [1.82, 2.24) is 4.90 Å². The van der Waals surface area contributed by atoms with Crippen molar-refractivity contribution in [2.24, 2.45) is 5.92 Å². The lowest BCUT2D eigenvalue weighted by atomic mass is 9.86. The molecule has 3 saturated heterocycles. The van der Waals surface area contributed by atoms with Gasteiger partial charge in [0.25, 0.3) is 0 Å². The van der Waals surface area contributed by atoms with Crippen molar-refractivity contribution in [3.8, 4) is 0 Å². The summed E-state index contributed by atoms with van der Waals surface area (Å²) >= 11 is 0. The lowest BCUT2D eigenvalue weighted by Crippen LogP contribution is -2.53. The number of piperidine rings is 3. The Hall–Kier alpha value is -2.11. The van der Waals surface area contributed by atoms with Crippen molar-refractivity contribution in [3.05, 3.63) is 66.0 Å². The summed E-state index contributed by atoms with van der Waals surface area (Å²) < 4.78 is 19.6. The van der Waals surface area contributed by atoms with E-state index >= 15 is 0 Å². The predicted octanol–water partition coefficient (Wildman–Crippen LogP) is 4.48. The third kappa shape index (κ3) is 4.60. The molecule has 3 heterocycles. The van der Waals surface area contributed by atoms with Gasteiger partial charge in [0.05, 0.1) is 12.2 Å². The Morgan fingerprint density at radius 2 is 1.85 bits per heavy atom. The number of halogens is 2. The van der Waals surface area contributed by atoms with Crippen LogP contribution < -0.4 is 4.90 Å². The Balaban J connectivity index is 0.00000210. The molecule has 0 aliphatic carbocycles. The quantitative estimate of drug-likeness (QED) is 0.771. The Morgan fingerprint density at radius 1 is 1.11 bits per heavy atom. The number of ether oxygens (including phenoxy) is 1. The fourth-order valence-electron chi connectivity index (χ4n) is 3.91. The van der Waals surface area contributed by atoms with Gasteiger partial charge in [0.2, 0.25) is 0 Å². The van der Waals surface area contributed by atoms with Crippen molar-refractivity contribution in [3.63, 3.8) is 0 Å². The first-order chi connectivity index (χ1) is 12.7. The highest BCUT2D eigenvalue weighted by atomic mass is 35.5. The van der Waals surface area contributed by atoms with E-state index in [1.54, 1.807) is 12.1 Å². The number of fused-ring (bicyclic) bond motifs is 3. The van der Waals surface area contributed by atoms with Crippen LogP contribution in [0.25, 0.3) is 0 Å². The molecule has 0 N–H and O–H groups in total. The van der Waals surface area contributed by atoms with Crippen LogP contribution in [0, 0.1) is 11.7 Å². The van der Waals surface area contributed by atoms with E-state index in [0.717, 1.165) is 38.0 Å². The molecule has 144 valence electrons. The van der Waals surface area contributed by atoms with Crippen molar-refractivity contribution >= 4 is 24.2 Å². The van der Waals surface area contributed by atoms with E-state index in [4.69, 9.17) is 4.74 Å². The number of benzene rings is 2. The molecule has 3 aliphatic heterocycles. The highest BCUT2D eigenvalue weighted by Gasteiger charge is 2.37. The molecule has 6 heteroatoms. The molecule has 1 atom stereocenters. The fraction of sp³-hybridized carbons (Fsp3) is 0.381. The molecule has 3 fully saturated rings. The zero-order valence-electron chi connectivity index (χ0n) is 15.1. The van der Waals surface area contributed by atoms with E-state index in [1.165, 1.54) is 17.0 Å². The second kappa shape index (κ2) is 8.72. The van der Waals surface area contributed by atoms with Crippen LogP contribution in [0.4, 0.5) is 14.9 Å². The molecule has 0 unspecified atom stereocenters. The van der Waals surface area contributed by atoms with Gasteiger partial charge < -0.3 is 4.74 Å². The molecular weight excluding hydrogens is 367 g/mol. The van der Waals surface area contributed by atoms with Gasteiger partial charge in [-0.3, -0.25) is 9.80 Å². The van der Waals surface area contributed by atoms with Gasteiger partial charge in [0.15, 0.2) is 0 Å². The summed E-state index contributed by atoms with van der Waals surface area (Å²) in [6, 6.07) is 15.8. The summed E-state index contributed by atoms with van der Waals surface area (Å²) in [5, 5.41) is 0. The van der Waals surface area contributed by atoms with Crippen LogP contribution in [0.1, 0.15) is 18.4 Å². The fourth-order valence-corrected chi connectivity index (χ4v) is 3.91. The number of hydrogen-bond acceptors (Lipinski definition) is 3. The summed E-state index contributed by atoms with van der Waals surface area (Å²) in [6.45, 7) is 3.34. The highest BCUT2D eigenvalue weighted by Crippen LogP contribution is 2.30. The van der Waals surface area contributed by atoms with E-state index in [0.29, 0.717) is 18.2 Å². The summed E-state index contributed by atoms with van der Waals surface area (Å²) in [6.07, 6.45) is 1.68. The van der Waals surface area contributed by atoms with Crippen LogP contribution in [0.5, 0.6) is 0 Å². The van der Waals surface area contributed by atoms with Crippen LogP contribution in [-0.2, 0) is 11.3 Å². The van der Waals surface area contributed by atoms with E-state index in [1.807, 2.05) is 30.3 Å². The van der Waals surface area contributed by atoms with Gasteiger partial charge in [0.1, 0.15) is 11.9 Å². The SMILES string of the molecule is Cl.O=C(O[C@H]1CN2CCC1CC2)N(Cc1ccccc1)c1cccc(F)c1. The Labute approximate surface area is 165 Å². The summed E-state index contributed by atoms with van der Waals surface area (Å²) in [7, 11) is 0. The first-order valence-electron chi connectivity index (χ1n) is 9.19. The summed E-state index contributed by atoms with van der Waals surface area (Å²) in [4.78, 5) is 16.8. The van der Waals surface area contributed by atoms with Gasteiger partial charge in [0, 0.05) is 6.54 Å². The Morgan fingerprint density at radius 3 is 2.48 bits per heavy atom. The molecular formula is C21H24ClFN2O2. The zero-order chi connectivity index (χ0) is 17.9. The molecule has 2 aromatic carbocycles. The Bertz CT molecular complexity index is 766. The normalized spacial score (nSPS) is 23.4. The van der Waals surface area contributed by atoms with Crippen molar-refractivity contribution in [1.29, 1.82) is 0 Å². The first-order valence-corrected chi connectivity index (χ1v) is 9.19. The van der Waals surface area contributed by atoms with E-state index in [-0.39, 0.29) is 24.3 Å². The molecule has 2 bridgehead atoms. The molecule has 0 aromatic heterocycles. The van der Waals surface area contributed by atoms with Gasteiger partial charge in [-0.15, -0.1) is 12.4 Å². The van der Waals surface area contributed by atoms with E-state index < -0.39 is 6.09 Å². The third-order valence-corrected chi connectivity index (χ3v) is 5.37. The lowest BCUT2D eigenvalue weighted by Gasteiger charge is -2.44. The minimum absolute atomic E-state index is 0.